The van der Waals surface area contributed by atoms with Gasteiger partial charge < -0.3 is 10.0 Å². The maximum atomic E-state index is 6.27. The number of nitrogens with two attached hydrogens (primary N) is 1. The minimum Gasteiger partial charge on any atom is -0.383 e. The standard InChI is InChI=1S/C13H18N6S/c1-2-4-11(18-7-3-8-20-18)10-9-16-19(13(10)14)12-5-6-15-17-12/h4-6,9H,2-3,7-8,14H2,1H3,(H,15,17)/b11-4+. The van der Waals surface area contributed by atoms with E-state index in [0.29, 0.717) is 5.82 Å². The van der Waals surface area contributed by atoms with E-state index in [1.165, 1.54) is 12.1 Å². The maximum absolute atomic E-state index is 6.27. The Bertz CT molecular complexity index is 594. The fraction of sp³-hybridized carbons (Fsp3) is 0.385. The molecular weight excluding hydrogens is 272 g/mol. The van der Waals surface area contributed by atoms with Gasteiger partial charge in [0.2, 0.25) is 0 Å². The topological polar surface area (TPSA) is 75.8 Å². The summed E-state index contributed by atoms with van der Waals surface area (Å²) in [5.41, 5.74) is 8.42. The van der Waals surface area contributed by atoms with Gasteiger partial charge in [-0.1, -0.05) is 13.0 Å². The Balaban J connectivity index is 1.98. The smallest absolute Gasteiger partial charge is 0.151 e. The lowest BCUT2D eigenvalue weighted by atomic mass is 10.2. The number of nitrogen functional groups attached to an aromatic ring is 1. The number of hydrogen-bond acceptors (Lipinski definition) is 5. The second-order valence-corrected chi connectivity index (χ2v) is 5.69. The van der Waals surface area contributed by atoms with E-state index < -0.39 is 0 Å². The third-order valence-electron chi connectivity index (χ3n) is 3.22. The van der Waals surface area contributed by atoms with Gasteiger partial charge in [-0.05, 0) is 24.8 Å². The third-order valence-corrected chi connectivity index (χ3v) is 4.38. The second kappa shape index (κ2) is 5.62. The van der Waals surface area contributed by atoms with Crippen molar-refractivity contribution < 1.29 is 0 Å². The van der Waals surface area contributed by atoms with Crippen LogP contribution in [0.25, 0.3) is 11.5 Å². The second-order valence-electron chi connectivity index (χ2n) is 4.58. The first-order chi connectivity index (χ1) is 9.81. The highest BCUT2D eigenvalue weighted by Crippen LogP contribution is 2.34. The van der Waals surface area contributed by atoms with Gasteiger partial charge in [0.25, 0.3) is 0 Å². The molecule has 1 fully saturated rings. The molecule has 0 bridgehead atoms. The molecular formula is C13H18N6S. The molecule has 0 aliphatic carbocycles. The van der Waals surface area contributed by atoms with E-state index in [1.54, 1.807) is 10.9 Å². The van der Waals surface area contributed by atoms with E-state index in [-0.39, 0.29) is 0 Å². The van der Waals surface area contributed by atoms with Crippen LogP contribution in [-0.2, 0) is 0 Å². The summed E-state index contributed by atoms with van der Waals surface area (Å²) in [5.74, 6) is 2.58. The summed E-state index contributed by atoms with van der Waals surface area (Å²) in [6, 6.07) is 1.85. The Labute approximate surface area is 122 Å². The van der Waals surface area contributed by atoms with Gasteiger partial charge in [-0.25, -0.2) is 0 Å². The Hall–Kier alpha value is -1.89. The molecule has 0 saturated carbocycles. The predicted octanol–water partition coefficient (Wildman–Crippen LogP) is 2.28. The highest BCUT2D eigenvalue weighted by atomic mass is 32.2. The highest BCUT2D eigenvalue weighted by molar-refractivity contribution is 7.97. The number of rotatable bonds is 4. The van der Waals surface area contributed by atoms with Crippen LogP contribution in [0.15, 0.2) is 24.5 Å². The molecule has 1 aliphatic rings. The lowest BCUT2D eigenvalue weighted by Gasteiger charge is -2.19. The molecule has 0 unspecified atom stereocenters. The zero-order valence-corrected chi connectivity index (χ0v) is 12.2. The molecule has 2 aromatic heterocycles. The molecule has 3 heterocycles. The van der Waals surface area contributed by atoms with Crippen LogP contribution < -0.4 is 5.73 Å². The molecule has 3 rings (SSSR count). The molecule has 1 saturated heterocycles. The van der Waals surface area contributed by atoms with Crippen molar-refractivity contribution in [1.29, 1.82) is 0 Å². The van der Waals surface area contributed by atoms with Crippen LogP contribution in [0.3, 0.4) is 0 Å². The van der Waals surface area contributed by atoms with Crippen molar-refractivity contribution in [2.75, 3.05) is 18.0 Å². The molecule has 20 heavy (non-hydrogen) atoms. The summed E-state index contributed by atoms with van der Waals surface area (Å²) in [6.45, 7) is 3.20. The van der Waals surface area contributed by atoms with Gasteiger partial charge in [-0.2, -0.15) is 14.9 Å². The summed E-state index contributed by atoms with van der Waals surface area (Å²) in [5, 5.41) is 11.2. The quantitative estimate of drug-likeness (QED) is 0.845. The highest BCUT2D eigenvalue weighted by Gasteiger charge is 2.21. The van der Waals surface area contributed by atoms with Gasteiger partial charge in [0.1, 0.15) is 5.82 Å². The zero-order valence-electron chi connectivity index (χ0n) is 11.4. The minimum atomic E-state index is 0.640. The first-order valence-electron chi connectivity index (χ1n) is 6.75. The number of aromatic amines is 1. The fourth-order valence-corrected chi connectivity index (χ4v) is 3.34. The molecule has 1 aliphatic heterocycles. The lowest BCUT2D eigenvalue weighted by molar-refractivity contribution is 0.670. The number of H-pyrrole nitrogens is 1. The largest absolute Gasteiger partial charge is 0.383 e. The Kier molecular flexibility index (Phi) is 3.68. The average Bonchev–Trinajstić information content (AvgIpc) is 3.18. The SMILES string of the molecule is CC/C=C(\c1cnn(-c2ccn[nH]2)c1N)N1CCCS1. The van der Waals surface area contributed by atoms with Crippen molar-refractivity contribution >= 4 is 23.5 Å². The Morgan fingerprint density at radius 2 is 2.50 bits per heavy atom. The number of anilines is 1. The molecule has 2 aromatic rings. The van der Waals surface area contributed by atoms with E-state index in [2.05, 4.69) is 32.6 Å². The third kappa shape index (κ3) is 2.29. The molecule has 0 spiro atoms. The number of nitrogens with one attached hydrogen (secondary N) is 1. The molecule has 106 valence electrons. The molecule has 0 amide bonds. The minimum absolute atomic E-state index is 0.640. The van der Waals surface area contributed by atoms with Crippen molar-refractivity contribution in [2.24, 2.45) is 0 Å². The first kappa shape index (κ1) is 13.1. The molecule has 0 atom stereocenters. The average molecular weight is 290 g/mol. The van der Waals surface area contributed by atoms with E-state index in [0.717, 1.165) is 30.1 Å². The predicted molar refractivity (Wildman–Crippen MR) is 82.2 cm³/mol. The molecule has 0 radical (unpaired) electrons. The van der Waals surface area contributed by atoms with E-state index in [4.69, 9.17) is 5.73 Å². The van der Waals surface area contributed by atoms with Gasteiger partial charge in [0.05, 0.1) is 23.7 Å². The van der Waals surface area contributed by atoms with Gasteiger partial charge in [0.15, 0.2) is 5.82 Å². The molecule has 7 heteroatoms. The summed E-state index contributed by atoms with van der Waals surface area (Å²) in [6.07, 6.45) is 7.91. The van der Waals surface area contributed by atoms with Gasteiger partial charge in [0, 0.05) is 18.4 Å². The van der Waals surface area contributed by atoms with Crippen LogP contribution in [0.4, 0.5) is 5.82 Å². The van der Waals surface area contributed by atoms with Crippen LogP contribution >= 0.6 is 11.9 Å². The maximum Gasteiger partial charge on any atom is 0.151 e. The van der Waals surface area contributed by atoms with Crippen LogP contribution in [0, 0.1) is 0 Å². The van der Waals surface area contributed by atoms with Crippen molar-refractivity contribution in [1.82, 2.24) is 24.3 Å². The first-order valence-corrected chi connectivity index (χ1v) is 7.69. The van der Waals surface area contributed by atoms with Gasteiger partial charge in [-0.3, -0.25) is 5.10 Å². The monoisotopic (exact) mass is 290 g/mol. The van der Waals surface area contributed by atoms with Crippen molar-refractivity contribution in [2.45, 2.75) is 19.8 Å². The lowest BCUT2D eigenvalue weighted by Crippen LogP contribution is -2.11. The summed E-state index contributed by atoms with van der Waals surface area (Å²) in [4.78, 5) is 0. The summed E-state index contributed by atoms with van der Waals surface area (Å²) >= 11 is 1.85. The summed E-state index contributed by atoms with van der Waals surface area (Å²) < 4.78 is 4.00. The van der Waals surface area contributed by atoms with Crippen LogP contribution in [0.2, 0.25) is 0 Å². The van der Waals surface area contributed by atoms with E-state index in [9.17, 15) is 0 Å². The summed E-state index contributed by atoms with van der Waals surface area (Å²) in [7, 11) is 0. The van der Waals surface area contributed by atoms with E-state index >= 15 is 0 Å². The number of aromatic nitrogens is 4. The van der Waals surface area contributed by atoms with Crippen molar-refractivity contribution in [3.63, 3.8) is 0 Å². The number of nitrogens with zero attached hydrogens (tertiary/aromatic N) is 4. The molecule has 0 aromatic carbocycles. The van der Waals surface area contributed by atoms with Gasteiger partial charge >= 0.3 is 0 Å². The molecule has 6 nitrogen and oxygen atoms in total. The fourth-order valence-electron chi connectivity index (χ4n) is 2.29. The van der Waals surface area contributed by atoms with Crippen LogP contribution in [0.1, 0.15) is 25.3 Å². The van der Waals surface area contributed by atoms with Crippen LogP contribution in [0.5, 0.6) is 0 Å². The zero-order chi connectivity index (χ0) is 13.9. The Morgan fingerprint density at radius 1 is 1.60 bits per heavy atom. The van der Waals surface area contributed by atoms with Crippen molar-refractivity contribution in [3.8, 4) is 5.82 Å². The number of allylic oxidation sites excluding steroid dienone is 1. The van der Waals surface area contributed by atoms with Crippen LogP contribution in [-0.4, -0.2) is 36.6 Å². The molecule has 3 N–H and O–H groups in total. The normalized spacial score (nSPS) is 16.1. The van der Waals surface area contributed by atoms with Gasteiger partial charge in [-0.15, -0.1) is 0 Å². The Morgan fingerprint density at radius 3 is 3.15 bits per heavy atom. The number of hydrogen-bond donors (Lipinski definition) is 2. The van der Waals surface area contributed by atoms with Crippen molar-refractivity contribution in [3.05, 3.63) is 30.1 Å². The van der Waals surface area contributed by atoms with E-state index in [1.807, 2.05) is 24.2 Å².